The number of benzene rings is 2. The minimum absolute atomic E-state index is 0.00414. The lowest BCUT2D eigenvalue weighted by Crippen LogP contribution is -2.35. The molecule has 4 heteroatoms. The third kappa shape index (κ3) is 3.34. The molecule has 1 heterocycles. The van der Waals surface area contributed by atoms with Crippen LogP contribution >= 0.6 is 0 Å². The quantitative estimate of drug-likeness (QED) is 0.903. The summed E-state index contributed by atoms with van der Waals surface area (Å²) in [5.74, 6) is 1.01. The van der Waals surface area contributed by atoms with Crippen molar-refractivity contribution in [2.24, 2.45) is 0 Å². The van der Waals surface area contributed by atoms with Crippen LogP contribution in [0.2, 0.25) is 0 Å². The van der Waals surface area contributed by atoms with Crippen LogP contribution in [0.4, 0.5) is 0 Å². The topological polar surface area (TPSA) is 58.6 Å². The van der Waals surface area contributed by atoms with Crippen LogP contribution in [0.1, 0.15) is 11.1 Å². The van der Waals surface area contributed by atoms with E-state index in [9.17, 15) is 9.90 Å². The molecular weight excluding hydrogens is 266 g/mol. The summed E-state index contributed by atoms with van der Waals surface area (Å²) in [4.78, 5) is 11.9. The van der Waals surface area contributed by atoms with Crippen molar-refractivity contribution < 1.29 is 14.6 Å². The molecule has 0 bridgehead atoms. The second kappa shape index (κ2) is 5.87. The fourth-order valence-corrected chi connectivity index (χ4v) is 2.51. The smallest absolute Gasteiger partial charge is 0.224 e. The number of ether oxygens (including phenoxy) is 1. The minimum atomic E-state index is -0.0693. The van der Waals surface area contributed by atoms with Gasteiger partial charge in [-0.1, -0.05) is 30.3 Å². The van der Waals surface area contributed by atoms with Gasteiger partial charge in [0.2, 0.25) is 5.91 Å². The molecule has 0 aliphatic carbocycles. The highest BCUT2D eigenvalue weighted by atomic mass is 16.5. The number of fused-ring (bicyclic) bond motifs is 1. The Bertz CT molecular complexity index is 629. The molecule has 1 amide bonds. The number of hydrogen-bond donors (Lipinski definition) is 2. The number of amides is 1. The number of nitrogens with one attached hydrogen (secondary N) is 1. The number of aromatic hydroxyl groups is 1. The van der Waals surface area contributed by atoms with Crippen molar-refractivity contribution >= 4 is 5.91 Å². The molecule has 1 atom stereocenters. The standard InChI is InChI=1S/C17H17NO3/c19-14-6-3-4-12(8-14)9-17(20)18-11-15-10-13-5-1-2-7-16(13)21-15/h1-8,15,19H,9-11H2,(H,18,20). The third-order valence-corrected chi connectivity index (χ3v) is 3.52. The zero-order chi connectivity index (χ0) is 14.7. The lowest BCUT2D eigenvalue weighted by molar-refractivity contribution is -0.120. The van der Waals surface area contributed by atoms with Gasteiger partial charge in [-0.05, 0) is 29.3 Å². The number of carbonyl (C=O) groups excluding carboxylic acids is 1. The third-order valence-electron chi connectivity index (χ3n) is 3.52. The summed E-state index contributed by atoms with van der Waals surface area (Å²) in [7, 11) is 0. The maximum Gasteiger partial charge on any atom is 0.224 e. The number of para-hydroxylation sites is 1. The van der Waals surface area contributed by atoms with E-state index in [1.165, 1.54) is 5.56 Å². The molecule has 3 rings (SSSR count). The van der Waals surface area contributed by atoms with Crippen LogP contribution in [0, 0.1) is 0 Å². The van der Waals surface area contributed by atoms with Crippen molar-refractivity contribution in [1.29, 1.82) is 0 Å². The van der Waals surface area contributed by atoms with Gasteiger partial charge in [-0.15, -0.1) is 0 Å². The molecule has 0 radical (unpaired) electrons. The Kier molecular flexibility index (Phi) is 3.77. The van der Waals surface area contributed by atoms with Crippen LogP contribution in [0.15, 0.2) is 48.5 Å². The Balaban J connectivity index is 1.49. The first kappa shape index (κ1) is 13.5. The fourth-order valence-electron chi connectivity index (χ4n) is 2.51. The Labute approximate surface area is 123 Å². The van der Waals surface area contributed by atoms with Gasteiger partial charge in [0.25, 0.3) is 0 Å². The highest BCUT2D eigenvalue weighted by Gasteiger charge is 2.22. The summed E-state index contributed by atoms with van der Waals surface area (Å²) >= 11 is 0. The Morgan fingerprint density at radius 3 is 2.90 bits per heavy atom. The van der Waals surface area contributed by atoms with E-state index in [1.807, 2.05) is 30.3 Å². The molecule has 21 heavy (non-hydrogen) atoms. The molecule has 4 nitrogen and oxygen atoms in total. The number of rotatable bonds is 4. The summed E-state index contributed by atoms with van der Waals surface area (Å²) in [6, 6.07) is 14.7. The molecule has 108 valence electrons. The van der Waals surface area contributed by atoms with Gasteiger partial charge >= 0.3 is 0 Å². The van der Waals surface area contributed by atoms with Gasteiger partial charge in [-0.25, -0.2) is 0 Å². The molecule has 0 aromatic heterocycles. The van der Waals surface area contributed by atoms with Crippen molar-refractivity contribution in [3.63, 3.8) is 0 Å². The Hall–Kier alpha value is -2.49. The molecule has 2 aromatic rings. The molecule has 0 saturated heterocycles. The molecular formula is C17H17NO3. The second-order valence-corrected chi connectivity index (χ2v) is 5.20. The van der Waals surface area contributed by atoms with Crippen molar-refractivity contribution in [2.75, 3.05) is 6.54 Å². The minimum Gasteiger partial charge on any atom is -0.508 e. The summed E-state index contributed by atoms with van der Waals surface area (Å²) in [5.41, 5.74) is 1.98. The van der Waals surface area contributed by atoms with E-state index in [0.717, 1.165) is 17.7 Å². The van der Waals surface area contributed by atoms with Crippen LogP contribution in [-0.2, 0) is 17.6 Å². The maximum absolute atomic E-state index is 11.9. The van der Waals surface area contributed by atoms with Crippen LogP contribution < -0.4 is 10.1 Å². The predicted octanol–water partition coefficient (Wildman–Crippen LogP) is 2.05. The van der Waals surface area contributed by atoms with Crippen molar-refractivity contribution in [3.05, 3.63) is 59.7 Å². The normalized spacial score (nSPS) is 16.1. The first-order valence-corrected chi connectivity index (χ1v) is 7.00. The highest BCUT2D eigenvalue weighted by molar-refractivity contribution is 5.78. The second-order valence-electron chi connectivity index (χ2n) is 5.20. The molecule has 2 aromatic carbocycles. The lowest BCUT2D eigenvalue weighted by atomic mass is 10.1. The predicted molar refractivity (Wildman–Crippen MR) is 79.4 cm³/mol. The van der Waals surface area contributed by atoms with Gasteiger partial charge in [0, 0.05) is 6.42 Å². The summed E-state index contributed by atoms with van der Waals surface area (Å²) in [5, 5.41) is 12.3. The van der Waals surface area contributed by atoms with Crippen LogP contribution in [0.25, 0.3) is 0 Å². The summed E-state index contributed by atoms with van der Waals surface area (Å²) < 4.78 is 5.77. The number of phenolic OH excluding ortho intramolecular Hbond substituents is 1. The van der Waals surface area contributed by atoms with Gasteiger partial charge in [0.15, 0.2) is 0 Å². The van der Waals surface area contributed by atoms with E-state index in [1.54, 1.807) is 18.2 Å². The average molecular weight is 283 g/mol. The van der Waals surface area contributed by atoms with Crippen molar-refractivity contribution in [3.8, 4) is 11.5 Å². The molecule has 1 aliphatic rings. The van der Waals surface area contributed by atoms with E-state index < -0.39 is 0 Å². The summed E-state index contributed by atoms with van der Waals surface area (Å²) in [6.07, 6.45) is 1.08. The van der Waals surface area contributed by atoms with Gasteiger partial charge in [-0.3, -0.25) is 4.79 Å². The van der Waals surface area contributed by atoms with Gasteiger partial charge in [0.1, 0.15) is 17.6 Å². The van der Waals surface area contributed by atoms with Crippen molar-refractivity contribution in [1.82, 2.24) is 5.32 Å². The molecule has 0 fully saturated rings. The zero-order valence-electron chi connectivity index (χ0n) is 11.6. The first-order chi connectivity index (χ1) is 10.2. The van der Waals surface area contributed by atoms with E-state index in [-0.39, 0.29) is 24.2 Å². The number of carbonyl (C=O) groups is 1. The lowest BCUT2D eigenvalue weighted by Gasteiger charge is -2.12. The van der Waals surface area contributed by atoms with Crippen LogP contribution in [0.3, 0.4) is 0 Å². The monoisotopic (exact) mass is 283 g/mol. The first-order valence-electron chi connectivity index (χ1n) is 7.00. The van der Waals surface area contributed by atoms with Gasteiger partial charge in [-0.2, -0.15) is 0 Å². The van der Waals surface area contributed by atoms with E-state index in [4.69, 9.17) is 4.74 Å². The van der Waals surface area contributed by atoms with Gasteiger partial charge < -0.3 is 15.2 Å². The van der Waals surface area contributed by atoms with E-state index in [0.29, 0.717) is 6.54 Å². The van der Waals surface area contributed by atoms with Crippen molar-refractivity contribution in [2.45, 2.75) is 18.9 Å². The molecule has 1 aliphatic heterocycles. The largest absolute Gasteiger partial charge is 0.508 e. The SMILES string of the molecule is O=C(Cc1cccc(O)c1)NCC1Cc2ccccc2O1. The highest BCUT2D eigenvalue weighted by Crippen LogP contribution is 2.27. The molecule has 1 unspecified atom stereocenters. The molecule has 2 N–H and O–H groups in total. The number of hydrogen-bond acceptors (Lipinski definition) is 3. The van der Waals surface area contributed by atoms with Crippen LogP contribution in [-0.4, -0.2) is 23.7 Å². The van der Waals surface area contributed by atoms with Gasteiger partial charge in [0.05, 0.1) is 13.0 Å². The zero-order valence-corrected chi connectivity index (χ0v) is 11.6. The molecule has 0 spiro atoms. The summed E-state index contributed by atoms with van der Waals surface area (Å²) in [6.45, 7) is 0.492. The van der Waals surface area contributed by atoms with E-state index >= 15 is 0 Å². The van der Waals surface area contributed by atoms with E-state index in [2.05, 4.69) is 5.32 Å². The molecule has 0 saturated carbocycles. The maximum atomic E-state index is 11.9. The fraction of sp³-hybridized carbons (Fsp3) is 0.235. The van der Waals surface area contributed by atoms with Crippen LogP contribution in [0.5, 0.6) is 11.5 Å². The number of phenols is 1. The Morgan fingerprint density at radius 1 is 1.24 bits per heavy atom. The average Bonchev–Trinajstić information content (AvgIpc) is 2.88. The Morgan fingerprint density at radius 2 is 2.10 bits per heavy atom.